The Morgan fingerprint density at radius 3 is 2.55 bits per heavy atom. The molecule has 1 atom stereocenters. The molecule has 1 heterocycles. The number of thiophene rings is 1. The van der Waals surface area contributed by atoms with Crippen molar-refractivity contribution in [3.05, 3.63) is 57.5 Å². The number of benzene rings is 1. The number of likely N-dealkylation sites (N-methyl/N-ethyl adjacent to an activating group) is 1. The summed E-state index contributed by atoms with van der Waals surface area (Å²) in [6, 6.07) is 6.66. The number of hydrogen-bond acceptors (Lipinski definition) is 2. The van der Waals surface area contributed by atoms with Crippen molar-refractivity contribution in [1.82, 2.24) is 5.32 Å². The lowest BCUT2D eigenvalue weighted by Crippen LogP contribution is -2.19. The molecule has 1 unspecified atom stereocenters. The molecule has 0 aliphatic rings. The van der Waals surface area contributed by atoms with Crippen LogP contribution in [0.1, 0.15) is 22.0 Å². The zero-order valence-electron chi connectivity index (χ0n) is 10.7. The van der Waals surface area contributed by atoms with Gasteiger partial charge >= 0.3 is 6.18 Å². The highest BCUT2D eigenvalue weighted by molar-refractivity contribution is 7.09. The van der Waals surface area contributed by atoms with E-state index in [2.05, 4.69) is 5.32 Å². The zero-order valence-corrected chi connectivity index (χ0v) is 11.5. The van der Waals surface area contributed by atoms with Gasteiger partial charge in [0, 0.05) is 17.3 Å². The van der Waals surface area contributed by atoms with Crippen LogP contribution in [-0.2, 0) is 12.6 Å². The van der Waals surface area contributed by atoms with E-state index in [0.29, 0.717) is 12.0 Å². The summed E-state index contributed by atoms with van der Waals surface area (Å²) in [5.74, 6) is -1.24. The third-order valence-corrected chi connectivity index (χ3v) is 3.93. The summed E-state index contributed by atoms with van der Waals surface area (Å²) in [5, 5.41) is 4.88. The van der Waals surface area contributed by atoms with Crippen LogP contribution in [0.25, 0.3) is 0 Å². The fourth-order valence-electron chi connectivity index (χ4n) is 1.99. The molecule has 0 aliphatic heterocycles. The van der Waals surface area contributed by atoms with Crippen molar-refractivity contribution < 1.29 is 17.6 Å². The van der Waals surface area contributed by atoms with Crippen LogP contribution in [0.3, 0.4) is 0 Å². The summed E-state index contributed by atoms with van der Waals surface area (Å²) in [7, 11) is 1.68. The molecule has 0 saturated carbocycles. The molecule has 6 heteroatoms. The van der Waals surface area contributed by atoms with E-state index in [4.69, 9.17) is 0 Å². The highest BCUT2D eigenvalue weighted by atomic mass is 32.1. The van der Waals surface area contributed by atoms with Crippen molar-refractivity contribution in [2.24, 2.45) is 0 Å². The van der Waals surface area contributed by atoms with Crippen molar-refractivity contribution >= 4 is 11.3 Å². The molecular formula is C14H13F4NS. The molecule has 108 valence electrons. The van der Waals surface area contributed by atoms with Crippen LogP contribution >= 0.6 is 11.3 Å². The van der Waals surface area contributed by atoms with E-state index in [0.717, 1.165) is 17.0 Å². The summed E-state index contributed by atoms with van der Waals surface area (Å²) >= 11 is 1.54. The Hall–Kier alpha value is -1.40. The number of nitrogens with one attached hydrogen (secondary N) is 1. The van der Waals surface area contributed by atoms with Gasteiger partial charge in [-0.05, 0) is 36.2 Å². The first-order valence-electron chi connectivity index (χ1n) is 5.98. The van der Waals surface area contributed by atoms with Crippen LogP contribution in [0.5, 0.6) is 0 Å². The van der Waals surface area contributed by atoms with Gasteiger partial charge in [0.25, 0.3) is 0 Å². The Labute approximate surface area is 118 Å². The molecule has 2 rings (SSSR count). The topological polar surface area (TPSA) is 12.0 Å². The molecule has 0 radical (unpaired) electrons. The second-order valence-corrected chi connectivity index (χ2v) is 5.39. The standard InChI is InChI=1S/C14H13F4NS/c1-19-13(8-10-3-2-6-20-10)9-4-5-12(15)11(7-9)14(16,17)18/h2-7,13,19H,8H2,1H3. The lowest BCUT2D eigenvalue weighted by Gasteiger charge is -2.18. The maximum Gasteiger partial charge on any atom is 0.419 e. The van der Waals surface area contributed by atoms with Crippen molar-refractivity contribution in [3.8, 4) is 0 Å². The molecule has 1 nitrogen and oxygen atoms in total. The summed E-state index contributed by atoms with van der Waals surface area (Å²) in [6.45, 7) is 0. The van der Waals surface area contributed by atoms with E-state index in [1.807, 2.05) is 17.5 Å². The van der Waals surface area contributed by atoms with Gasteiger partial charge in [0.15, 0.2) is 0 Å². The van der Waals surface area contributed by atoms with Gasteiger partial charge in [-0.3, -0.25) is 0 Å². The Kier molecular flexibility index (Phi) is 4.45. The predicted molar refractivity (Wildman–Crippen MR) is 71.2 cm³/mol. The number of alkyl halides is 3. The second kappa shape index (κ2) is 5.93. The predicted octanol–water partition coefficient (Wildman–Crippen LogP) is 4.41. The quantitative estimate of drug-likeness (QED) is 0.825. The van der Waals surface area contributed by atoms with E-state index in [1.165, 1.54) is 17.4 Å². The van der Waals surface area contributed by atoms with Crippen molar-refractivity contribution in [3.63, 3.8) is 0 Å². The van der Waals surface area contributed by atoms with Crippen LogP contribution in [0, 0.1) is 5.82 Å². The zero-order chi connectivity index (χ0) is 14.8. The summed E-state index contributed by atoms with van der Waals surface area (Å²) < 4.78 is 51.4. The normalized spacial score (nSPS) is 13.4. The third kappa shape index (κ3) is 3.37. The largest absolute Gasteiger partial charge is 0.419 e. The summed E-state index contributed by atoms with van der Waals surface area (Å²) in [4.78, 5) is 1.06. The first-order valence-corrected chi connectivity index (χ1v) is 6.86. The molecule has 0 fully saturated rings. The monoisotopic (exact) mass is 303 g/mol. The highest BCUT2D eigenvalue weighted by Gasteiger charge is 2.34. The van der Waals surface area contributed by atoms with E-state index in [1.54, 1.807) is 7.05 Å². The Bertz CT molecular complexity index is 563. The average molecular weight is 303 g/mol. The van der Waals surface area contributed by atoms with Gasteiger partial charge in [0.05, 0.1) is 5.56 Å². The molecular weight excluding hydrogens is 290 g/mol. The summed E-state index contributed by atoms with van der Waals surface area (Å²) in [5.41, 5.74) is -0.795. The van der Waals surface area contributed by atoms with Gasteiger partial charge < -0.3 is 5.32 Å². The van der Waals surface area contributed by atoms with Crippen LogP contribution in [0.2, 0.25) is 0 Å². The lowest BCUT2D eigenvalue weighted by molar-refractivity contribution is -0.140. The van der Waals surface area contributed by atoms with E-state index in [9.17, 15) is 17.6 Å². The average Bonchev–Trinajstić information content (AvgIpc) is 2.88. The molecule has 0 bridgehead atoms. The first-order chi connectivity index (χ1) is 9.41. The fraction of sp³-hybridized carbons (Fsp3) is 0.286. The Morgan fingerprint density at radius 1 is 1.25 bits per heavy atom. The molecule has 1 N–H and O–H groups in total. The number of rotatable bonds is 4. The maximum atomic E-state index is 13.3. The lowest BCUT2D eigenvalue weighted by atomic mass is 10.00. The van der Waals surface area contributed by atoms with Crippen LogP contribution < -0.4 is 5.32 Å². The van der Waals surface area contributed by atoms with Crippen LogP contribution in [0.15, 0.2) is 35.7 Å². The minimum absolute atomic E-state index is 0.282. The smallest absolute Gasteiger partial charge is 0.313 e. The Morgan fingerprint density at radius 2 is 2.00 bits per heavy atom. The number of halogens is 4. The van der Waals surface area contributed by atoms with Crippen LogP contribution in [0.4, 0.5) is 17.6 Å². The van der Waals surface area contributed by atoms with Gasteiger partial charge in [0.1, 0.15) is 5.82 Å². The van der Waals surface area contributed by atoms with Crippen molar-refractivity contribution in [2.75, 3.05) is 7.05 Å². The van der Waals surface area contributed by atoms with Gasteiger partial charge in [-0.25, -0.2) is 4.39 Å². The molecule has 1 aromatic carbocycles. The highest BCUT2D eigenvalue weighted by Crippen LogP contribution is 2.33. The molecule has 0 amide bonds. The SMILES string of the molecule is CNC(Cc1cccs1)c1ccc(F)c(C(F)(F)F)c1. The second-order valence-electron chi connectivity index (χ2n) is 4.36. The van der Waals surface area contributed by atoms with E-state index in [-0.39, 0.29) is 6.04 Å². The van der Waals surface area contributed by atoms with Crippen molar-refractivity contribution in [1.29, 1.82) is 0 Å². The maximum absolute atomic E-state index is 13.3. The summed E-state index contributed by atoms with van der Waals surface area (Å²) in [6.07, 6.45) is -4.11. The minimum atomic E-state index is -4.68. The molecule has 0 spiro atoms. The molecule has 1 aromatic heterocycles. The van der Waals surface area contributed by atoms with E-state index < -0.39 is 17.6 Å². The van der Waals surface area contributed by atoms with Gasteiger partial charge in [-0.1, -0.05) is 12.1 Å². The van der Waals surface area contributed by atoms with E-state index >= 15 is 0 Å². The molecule has 20 heavy (non-hydrogen) atoms. The van der Waals surface area contributed by atoms with Crippen molar-refractivity contribution in [2.45, 2.75) is 18.6 Å². The molecule has 0 aliphatic carbocycles. The molecule has 0 saturated heterocycles. The van der Waals surface area contributed by atoms with Gasteiger partial charge in [-0.2, -0.15) is 13.2 Å². The van der Waals surface area contributed by atoms with Gasteiger partial charge in [-0.15, -0.1) is 11.3 Å². The number of hydrogen-bond donors (Lipinski definition) is 1. The third-order valence-electron chi connectivity index (χ3n) is 3.03. The Balaban J connectivity index is 2.30. The fourth-order valence-corrected chi connectivity index (χ4v) is 2.75. The van der Waals surface area contributed by atoms with Crippen LogP contribution in [-0.4, -0.2) is 7.05 Å². The molecule has 2 aromatic rings. The first kappa shape index (κ1) is 15.0. The minimum Gasteiger partial charge on any atom is -0.313 e. The van der Waals surface area contributed by atoms with Gasteiger partial charge in [0.2, 0.25) is 0 Å².